The number of nitrogens with two attached hydrogens (primary N) is 2. The number of primary amides is 2. The van der Waals surface area contributed by atoms with Gasteiger partial charge in [-0.3, -0.25) is 39.6 Å². The number of amides is 6. The molecule has 3 aliphatic heterocycles. The van der Waals surface area contributed by atoms with Crippen LogP contribution in [-0.2, 0) is 46.5 Å². The Morgan fingerprint density at radius 3 is 1.52 bits per heavy atom. The van der Waals surface area contributed by atoms with Crippen molar-refractivity contribution >= 4 is 41.5 Å². The molecule has 3 heterocycles. The summed E-state index contributed by atoms with van der Waals surface area (Å²) < 4.78 is 0. The van der Waals surface area contributed by atoms with Crippen LogP contribution in [-0.4, -0.2) is 91.6 Å². The molecule has 366 valence electrons. The van der Waals surface area contributed by atoms with Gasteiger partial charge in [0.15, 0.2) is 0 Å². The van der Waals surface area contributed by atoms with Crippen LogP contribution in [0.15, 0.2) is 72.8 Å². The lowest BCUT2D eigenvalue weighted by atomic mass is 9.55. The molecule has 15 nitrogen and oxygen atoms in total. The molecule has 0 spiro atoms. The number of carboxylic acid groups (broad SMARTS) is 2. The Kier molecular flexibility index (Phi) is 10.6. The van der Waals surface area contributed by atoms with E-state index in [9.17, 15) is 29.4 Å². The molecule has 12 rings (SSSR count). The molecule has 8 bridgehead atoms. The van der Waals surface area contributed by atoms with E-state index in [1.165, 1.54) is 0 Å². The zero-order valence-corrected chi connectivity index (χ0v) is 40.8. The maximum atomic E-state index is 15.4. The van der Waals surface area contributed by atoms with Crippen molar-refractivity contribution in [2.45, 2.75) is 169 Å². The van der Waals surface area contributed by atoms with Crippen molar-refractivity contribution < 1.29 is 39.0 Å². The zero-order valence-electron chi connectivity index (χ0n) is 40.8. The van der Waals surface area contributed by atoms with Gasteiger partial charge in [0.05, 0.1) is 5.54 Å². The summed E-state index contributed by atoms with van der Waals surface area (Å²) >= 11 is 0. The Balaban J connectivity index is 1.21. The van der Waals surface area contributed by atoms with E-state index < -0.39 is 63.3 Å². The monoisotopic (exact) mass is 942 g/mol. The Labute approximate surface area is 403 Å². The second kappa shape index (κ2) is 15.6. The maximum Gasteiger partial charge on any atom is 0.411 e. The molecule has 2 saturated carbocycles. The Morgan fingerprint density at radius 2 is 1.06 bits per heavy atom. The van der Waals surface area contributed by atoms with E-state index in [-0.39, 0.29) is 66.2 Å². The third kappa shape index (κ3) is 6.23. The molecule has 6 aliphatic carbocycles. The van der Waals surface area contributed by atoms with Crippen LogP contribution >= 0.6 is 0 Å². The fourth-order valence-corrected chi connectivity index (χ4v) is 16.5. The molecule has 7 unspecified atom stereocenters. The van der Waals surface area contributed by atoms with Crippen molar-refractivity contribution in [1.29, 1.82) is 0 Å². The average Bonchev–Trinajstić information content (AvgIpc) is 4.12. The quantitative estimate of drug-likeness (QED) is 0.124. The predicted octanol–water partition coefficient (Wildman–Crippen LogP) is 6.34. The van der Waals surface area contributed by atoms with Crippen molar-refractivity contribution in [3.05, 3.63) is 101 Å². The number of benzene rings is 3. The highest BCUT2D eigenvalue weighted by atomic mass is 16.4. The number of carbonyl (C=O) groups excluding carboxylic acids is 4. The van der Waals surface area contributed by atoms with Gasteiger partial charge >= 0.3 is 12.2 Å². The third-order valence-electron chi connectivity index (χ3n) is 19.1. The predicted molar refractivity (Wildman–Crippen MR) is 258 cm³/mol. The minimum Gasteiger partial charge on any atom is -0.465 e. The lowest BCUT2D eigenvalue weighted by Crippen LogP contribution is -2.76. The molecule has 13 atom stereocenters. The number of rotatable bonds is 11. The van der Waals surface area contributed by atoms with Crippen molar-refractivity contribution in [2.24, 2.45) is 29.2 Å². The second-order valence-electron chi connectivity index (χ2n) is 23.3. The maximum absolute atomic E-state index is 15.4. The van der Waals surface area contributed by atoms with Gasteiger partial charge in [-0.1, -0.05) is 102 Å². The fraction of sp³-hybridized carbons (Fsp3) is 0.556. The SMILES string of the molecule is CC1C[C@@H](C2C3CCC(C3)N2[C@@]2(C(=O)NC(=O)O)c3ccc(cc3)[C@]2(C)CC(N)=O)N(c2ccc(C(C)(C)C)cc2)[C@]1(C)C1C2CCC(C2)N1[C@@]1(C(=O)NC(=O)O)c2ccc(cc2)[C@]1(C)CC(N)=O. The lowest BCUT2D eigenvalue weighted by molar-refractivity contribution is -0.151. The average molecular weight is 942 g/mol. The van der Waals surface area contributed by atoms with Crippen molar-refractivity contribution in [3.8, 4) is 0 Å². The van der Waals surface area contributed by atoms with E-state index >= 15 is 9.59 Å². The van der Waals surface area contributed by atoms with E-state index in [4.69, 9.17) is 11.5 Å². The molecule has 69 heavy (non-hydrogen) atoms. The molecule has 3 saturated heterocycles. The number of nitrogens with one attached hydrogen (secondary N) is 2. The van der Waals surface area contributed by atoms with Crippen LogP contribution in [0.3, 0.4) is 0 Å². The van der Waals surface area contributed by atoms with Crippen LogP contribution in [0, 0.1) is 17.8 Å². The van der Waals surface area contributed by atoms with Gasteiger partial charge in [0.25, 0.3) is 11.8 Å². The van der Waals surface area contributed by atoms with Gasteiger partial charge in [0, 0.05) is 59.6 Å². The molecule has 0 radical (unpaired) electrons. The normalized spacial score (nSPS) is 37.3. The summed E-state index contributed by atoms with van der Waals surface area (Å²) in [6, 6.07) is 22.7. The Hall–Kier alpha value is -5.80. The number of anilines is 1. The first-order valence-corrected chi connectivity index (χ1v) is 24.8. The van der Waals surface area contributed by atoms with Gasteiger partial charge in [-0.25, -0.2) is 9.59 Å². The molecule has 0 aromatic heterocycles. The number of nitrogens with zero attached hydrogens (tertiary/aromatic N) is 3. The first-order chi connectivity index (χ1) is 32.5. The van der Waals surface area contributed by atoms with Crippen LogP contribution in [0.2, 0.25) is 0 Å². The summed E-state index contributed by atoms with van der Waals surface area (Å²) in [7, 11) is 0. The molecule has 5 fully saturated rings. The van der Waals surface area contributed by atoms with E-state index in [1.807, 2.05) is 62.4 Å². The van der Waals surface area contributed by atoms with Crippen LogP contribution in [0.25, 0.3) is 0 Å². The van der Waals surface area contributed by atoms with E-state index in [0.717, 1.165) is 60.9 Å². The number of likely N-dealkylation sites (tertiary alicyclic amines) is 2. The van der Waals surface area contributed by atoms with Crippen LogP contribution in [0.1, 0.15) is 134 Å². The highest BCUT2D eigenvalue weighted by Gasteiger charge is 2.74. The van der Waals surface area contributed by atoms with Gasteiger partial charge in [-0.05, 0) is 115 Å². The number of hydrogen-bond donors (Lipinski definition) is 6. The summed E-state index contributed by atoms with van der Waals surface area (Å²) in [5, 5.41) is 25.3. The number of carbonyl (C=O) groups is 6. The molecular weight excluding hydrogens is 875 g/mol. The number of piperidine rings is 2. The summed E-state index contributed by atoms with van der Waals surface area (Å²) in [4.78, 5) is 90.0. The molecule has 8 N–H and O–H groups in total. The van der Waals surface area contributed by atoms with Crippen molar-refractivity contribution in [3.63, 3.8) is 0 Å². The molecule has 9 aliphatic rings. The van der Waals surface area contributed by atoms with Gasteiger partial charge < -0.3 is 26.6 Å². The number of imide groups is 2. The van der Waals surface area contributed by atoms with E-state index in [2.05, 4.69) is 84.2 Å². The summed E-state index contributed by atoms with van der Waals surface area (Å²) in [6.07, 6.45) is 2.16. The minimum absolute atomic E-state index is 0.0721. The summed E-state index contributed by atoms with van der Waals surface area (Å²) in [6.45, 7) is 14.9. The Morgan fingerprint density at radius 1 is 0.623 bits per heavy atom. The topological polar surface area (TPSA) is 229 Å². The molecule has 6 amide bonds. The summed E-state index contributed by atoms with van der Waals surface area (Å²) in [5.74, 6) is -2.55. The molecule has 3 aromatic carbocycles. The van der Waals surface area contributed by atoms with Crippen LogP contribution in [0.4, 0.5) is 15.3 Å². The third-order valence-corrected chi connectivity index (χ3v) is 19.1. The lowest BCUT2D eigenvalue weighted by Gasteiger charge is -2.63. The minimum atomic E-state index is -1.64. The van der Waals surface area contributed by atoms with Gasteiger partial charge in [0.1, 0.15) is 11.1 Å². The fourth-order valence-electron chi connectivity index (χ4n) is 16.5. The van der Waals surface area contributed by atoms with Crippen molar-refractivity contribution in [2.75, 3.05) is 4.90 Å². The second-order valence-corrected chi connectivity index (χ2v) is 23.3. The standard InChI is InChI=1S/C54H67N7O8/c1-29-24-40(43-30-8-20-38(25-30)60(43)53(45(64)57-47(66)67)35-14-10-33(11-15-35)50(53,5)27-41(55)62)59(37-22-18-32(19-23-37)49(2,3)4)52(29,7)44-31-9-21-39(26-31)61(44)54(46(65)58-48(68)69)36-16-12-34(13-17-36)51(54,6)28-42(56)63/h10-19,22-23,29-31,38-40,43-44H,8-9,20-21,24-28H2,1-7H3,(H2,55,62)(H2,56,63)(H,57,64)(H,58,65)(H,66,67)(H,68,69)/t29?,30?,31?,38?,39?,40-,43?,44?,50-,51-,52-,53+,54+/m0/s1. The summed E-state index contributed by atoms with van der Waals surface area (Å²) in [5.41, 5.74) is 10.3. The number of fused-ring (bicyclic) bond motifs is 10. The van der Waals surface area contributed by atoms with E-state index in [1.54, 1.807) is 0 Å². The zero-order chi connectivity index (χ0) is 49.5. The molecule has 3 aromatic rings. The number of hydrogen-bond acceptors (Lipinski definition) is 9. The highest BCUT2D eigenvalue weighted by Crippen LogP contribution is 2.66. The first-order valence-electron chi connectivity index (χ1n) is 24.8. The van der Waals surface area contributed by atoms with Crippen molar-refractivity contribution in [1.82, 2.24) is 20.4 Å². The molecular formula is C54H67N7O8. The Bertz CT molecular complexity index is 2650. The van der Waals surface area contributed by atoms with Crippen LogP contribution < -0.4 is 27.0 Å². The van der Waals surface area contributed by atoms with Crippen LogP contribution in [0.5, 0.6) is 0 Å². The molecule has 15 heteroatoms. The van der Waals surface area contributed by atoms with E-state index in [0.29, 0.717) is 17.5 Å². The smallest absolute Gasteiger partial charge is 0.411 e. The first kappa shape index (κ1) is 46.9. The highest BCUT2D eigenvalue weighted by molar-refractivity contribution is 6.01. The largest absolute Gasteiger partial charge is 0.465 e. The van der Waals surface area contributed by atoms with Gasteiger partial charge in [-0.2, -0.15) is 0 Å². The van der Waals surface area contributed by atoms with Gasteiger partial charge in [-0.15, -0.1) is 0 Å². The van der Waals surface area contributed by atoms with Gasteiger partial charge in [0.2, 0.25) is 11.8 Å².